The summed E-state index contributed by atoms with van der Waals surface area (Å²) >= 11 is 6.63. The van der Waals surface area contributed by atoms with Crippen LogP contribution in [-0.2, 0) is 10.0 Å². The van der Waals surface area contributed by atoms with Gasteiger partial charge in [0.25, 0.3) is 10.0 Å². The van der Waals surface area contributed by atoms with Crippen molar-refractivity contribution in [3.63, 3.8) is 0 Å². The number of halogens is 1. The van der Waals surface area contributed by atoms with Gasteiger partial charge in [0.15, 0.2) is 0 Å². The molecule has 7 heteroatoms. The molecule has 1 aromatic rings. The minimum Gasteiger partial charge on any atom is -0.206 e. The fourth-order valence-electron chi connectivity index (χ4n) is 0.979. The molecule has 16 heavy (non-hydrogen) atoms. The van der Waals surface area contributed by atoms with E-state index < -0.39 is 16.1 Å². The van der Waals surface area contributed by atoms with Gasteiger partial charge in [0, 0.05) is 0 Å². The van der Waals surface area contributed by atoms with Crippen LogP contribution in [0.3, 0.4) is 0 Å². The standard InChI is InChI=1S/C9H11ClN2O2S2/c1-6(2)7(5-11)12-16(13,14)9-4-3-8(10)15-9/h3-4,6-7,12H,1-2H3. The van der Waals surface area contributed by atoms with Gasteiger partial charge in [0.1, 0.15) is 10.3 Å². The summed E-state index contributed by atoms with van der Waals surface area (Å²) in [5.74, 6) is -0.0878. The fourth-order valence-corrected chi connectivity index (χ4v) is 3.77. The van der Waals surface area contributed by atoms with E-state index in [1.165, 1.54) is 12.1 Å². The first-order valence-corrected chi connectivity index (χ1v) is 7.22. The Morgan fingerprint density at radius 2 is 2.12 bits per heavy atom. The minimum atomic E-state index is -3.63. The van der Waals surface area contributed by atoms with Gasteiger partial charge < -0.3 is 0 Å². The Kier molecular flexibility index (Phi) is 4.33. The molecule has 1 atom stereocenters. The van der Waals surface area contributed by atoms with Crippen molar-refractivity contribution in [3.8, 4) is 6.07 Å². The van der Waals surface area contributed by atoms with E-state index in [2.05, 4.69) is 4.72 Å². The number of thiophene rings is 1. The first-order chi connectivity index (χ1) is 7.36. The highest BCUT2D eigenvalue weighted by Crippen LogP contribution is 2.25. The third-order valence-electron chi connectivity index (χ3n) is 1.90. The van der Waals surface area contributed by atoms with E-state index in [1.807, 2.05) is 6.07 Å². The molecule has 1 rings (SSSR count). The summed E-state index contributed by atoms with van der Waals surface area (Å²) in [6, 6.07) is 4.12. The Bertz CT molecular complexity index is 502. The fraction of sp³-hybridized carbons (Fsp3) is 0.444. The van der Waals surface area contributed by atoms with Crippen molar-refractivity contribution < 1.29 is 8.42 Å². The maximum atomic E-state index is 11.8. The lowest BCUT2D eigenvalue weighted by Gasteiger charge is -2.13. The molecule has 0 aliphatic heterocycles. The van der Waals surface area contributed by atoms with Gasteiger partial charge in [-0.25, -0.2) is 8.42 Å². The normalized spacial score (nSPS) is 13.7. The number of nitriles is 1. The molecule has 88 valence electrons. The maximum absolute atomic E-state index is 11.8. The molecule has 0 aromatic carbocycles. The molecule has 0 saturated carbocycles. The van der Waals surface area contributed by atoms with Gasteiger partial charge in [-0.15, -0.1) is 11.3 Å². The summed E-state index contributed by atoms with van der Waals surface area (Å²) in [4.78, 5) is 0. The Morgan fingerprint density at radius 3 is 2.50 bits per heavy atom. The molecule has 0 fully saturated rings. The van der Waals surface area contributed by atoms with Crippen LogP contribution in [0, 0.1) is 17.2 Å². The minimum absolute atomic E-state index is 0.0878. The van der Waals surface area contributed by atoms with Crippen molar-refractivity contribution in [2.75, 3.05) is 0 Å². The van der Waals surface area contributed by atoms with E-state index in [1.54, 1.807) is 13.8 Å². The molecular weight excluding hydrogens is 268 g/mol. The highest BCUT2D eigenvalue weighted by molar-refractivity contribution is 7.91. The van der Waals surface area contributed by atoms with Crippen molar-refractivity contribution in [2.45, 2.75) is 24.1 Å². The largest absolute Gasteiger partial charge is 0.251 e. The molecule has 1 heterocycles. The van der Waals surface area contributed by atoms with Gasteiger partial charge in [-0.05, 0) is 18.1 Å². The topological polar surface area (TPSA) is 70.0 Å². The van der Waals surface area contributed by atoms with Gasteiger partial charge in [0.05, 0.1) is 10.4 Å². The lowest BCUT2D eigenvalue weighted by atomic mass is 10.1. The van der Waals surface area contributed by atoms with Crippen molar-refractivity contribution in [2.24, 2.45) is 5.92 Å². The van der Waals surface area contributed by atoms with Gasteiger partial charge >= 0.3 is 0 Å². The highest BCUT2D eigenvalue weighted by atomic mass is 35.5. The number of rotatable bonds is 4. The zero-order valence-electron chi connectivity index (χ0n) is 8.77. The quantitative estimate of drug-likeness (QED) is 0.918. The van der Waals surface area contributed by atoms with Crippen LogP contribution in [0.1, 0.15) is 13.8 Å². The lowest BCUT2D eigenvalue weighted by Crippen LogP contribution is -2.36. The average molecular weight is 279 g/mol. The molecule has 1 aromatic heterocycles. The monoisotopic (exact) mass is 278 g/mol. The van der Waals surface area contributed by atoms with Crippen LogP contribution in [0.5, 0.6) is 0 Å². The molecule has 0 spiro atoms. The van der Waals surface area contributed by atoms with Gasteiger partial charge in [-0.2, -0.15) is 9.98 Å². The van der Waals surface area contributed by atoms with Crippen LogP contribution in [0.4, 0.5) is 0 Å². The van der Waals surface area contributed by atoms with E-state index in [0.29, 0.717) is 4.34 Å². The van der Waals surface area contributed by atoms with Crippen LogP contribution < -0.4 is 4.72 Å². The zero-order chi connectivity index (χ0) is 12.3. The Labute approximate surface area is 104 Å². The van der Waals surface area contributed by atoms with E-state index in [9.17, 15) is 8.42 Å². The first kappa shape index (κ1) is 13.5. The molecule has 0 aliphatic carbocycles. The molecule has 0 aliphatic rings. The number of nitrogens with zero attached hydrogens (tertiary/aromatic N) is 1. The molecule has 1 N–H and O–H groups in total. The van der Waals surface area contributed by atoms with E-state index >= 15 is 0 Å². The van der Waals surface area contributed by atoms with Crippen molar-refractivity contribution in [1.29, 1.82) is 5.26 Å². The van der Waals surface area contributed by atoms with Crippen LogP contribution in [0.2, 0.25) is 4.34 Å². The van der Waals surface area contributed by atoms with Crippen molar-refractivity contribution >= 4 is 33.0 Å². The number of hydrogen-bond donors (Lipinski definition) is 1. The highest BCUT2D eigenvalue weighted by Gasteiger charge is 2.23. The van der Waals surface area contributed by atoms with Crippen molar-refractivity contribution in [3.05, 3.63) is 16.5 Å². The summed E-state index contributed by atoms with van der Waals surface area (Å²) < 4.78 is 26.5. The number of nitrogens with one attached hydrogen (secondary N) is 1. The molecule has 4 nitrogen and oxygen atoms in total. The predicted molar refractivity (Wildman–Crippen MR) is 63.9 cm³/mol. The third kappa shape index (κ3) is 3.19. The second-order valence-electron chi connectivity index (χ2n) is 3.53. The van der Waals surface area contributed by atoms with E-state index in [4.69, 9.17) is 16.9 Å². The predicted octanol–water partition coefficient (Wildman–Crippen LogP) is 2.23. The summed E-state index contributed by atoms with van der Waals surface area (Å²) in [5.41, 5.74) is 0. The van der Waals surface area contributed by atoms with Crippen LogP contribution in [-0.4, -0.2) is 14.5 Å². The number of sulfonamides is 1. The molecule has 0 amide bonds. The smallest absolute Gasteiger partial charge is 0.206 e. The Balaban J connectivity index is 2.93. The molecular formula is C9H11ClN2O2S2. The van der Waals surface area contributed by atoms with Crippen molar-refractivity contribution in [1.82, 2.24) is 4.72 Å². The zero-order valence-corrected chi connectivity index (χ0v) is 11.2. The molecule has 0 radical (unpaired) electrons. The second-order valence-corrected chi connectivity index (χ2v) is 7.19. The Hall–Kier alpha value is -0.610. The summed E-state index contributed by atoms with van der Waals surface area (Å²) in [6.07, 6.45) is 0. The maximum Gasteiger partial charge on any atom is 0.251 e. The molecule has 1 unspecified atom stereocenters. The van der Waals surface area contributed by atoms with Gasteiger partial charge in [-0.3, -0.25) is 0 Å². The van der Waals surface area contributed by atoms with Gasteiger partial charge in [0.2, 0.25) is 0 Å². The molecule has 0 saturated heterocycles. The average Bonchev–Trinajstić information content (AvgIpc) is 2.61. The van der Waals surface area contributed by atoms with Crippen LogP contribution >= 0.6 is 22.9 Å². The summed E-state index contributed by atoms with van der Waals surface area (Å²) in [5, 5.41) is 8.81. The van der Waals surface area contributed by atoms with Crippen LogP contribution in [0.25, 0.3) is 0 Å². The van der Waals surface area contributed by atoms with E-state index in [-0.39, 0.29) is 10.1 Å². The lowest BCUT2D eigenvalue weighted by molar-refractivity contribution is 0.516. The number of hydrogen-bond acceptors (Lipinski definition) is 4. The SMILES string of the molecule is CC(C)C(C#N)NS(=O)(=O)c1ccc(Cl)s1. The van der Waals surface area contributed by atoms with Crippen LogP contribution in [0.15, 0.2) is 16.3 Å². The van der Waals surface area contributed by atoms with Gasteiger partial charge in [-0.1, -0.05) is 25.4 Å². The molecule has 0 bridgehead atoms. The first-order valence-electron chi connectivity index (χ1n) is 4.54. The van der Waals surface area contributed by atoms with E-state index in [0.717, 1.165) is 11.3 Å². The third-order valence-corrected chi connectivity index (χ3v) is 5.07. The Morgan fingerprint density at radius 1 is 1.50 bits per heavy atom. The summed E-state index contributed by atoms with van der Waals surface area (Å²) in [7, 11) is -3.63. The second kappa shape index (κ2) is 5.15. The summed E-state index contributed by atoms with van der Waals surface area (Å²) in [6.45, 7) is 3.55.